The molecule has 28 heavy (non-hydrogen) atoms. The molecule has 0 spiro atoms. The van der Waals surface area contributed by atoms with E-state index in [2.05, 4.69) is 26.6 Å². The summed E-state index contributed by atoms with van der Waals surface area (Å²) in [5.41, 5.74) is 1.95. The molecule has 0 saturated heterocycles. The summed E-state index contributed by atoms with van der Waals surface area (Å²) in [6.45, 7) is 1.63. The fourth-order valence-electron chi connectivity index (χ4n) is 2.39. The minimum atomic E-state index is -2.92. The van der Waals surface area contributed by atoms with Gasteiger partial charge in [-0.1, -0.05) is 18.5 Å². The molecule has 6 nitrogen and oxygen atoms in total. The van der Waals surface area contributed by atoms with E-state index in [4.69, 9.17) is 16.3 Å². The van der Waals surface area contributed by atoms with Crippen molar-refractivity contribution in [2.24, 2.45) is 0 Å². The molecular formula is C19H20ClF2N3O3. The van der Waals surface area contributed by atoms with Gasteiger partial charge in [0.05, 0.1) is 5.02 Å². The summed E-state index contributed by atoms with van der Waals surface area (Å²) in [5.74, 6) is -0.0374. The number of nitrogens with zero attached hydrogens (tertiary/aromatic N) is 2. The number of hydrogen-bond donors (Lipinski definition) is 1. The van der Waals surface area contributed by atoms with Crippen molar-refractivity contribution in [1.29, 1.82) is 0 Å². The van der Waals surface area contributed by atoms with Gasteiger partial charge in [0.25, 0.3) is 5.56 Å². The van der Waals surface area contributed by atoms with E-state index in [1.807, 2.05) is 0 Å². The highest BCUT2D eigenvalue weighted by molar-refractivity contribution is 6.33. The average molecular weight is 412 g/mol. The van der Waals surface area contributed by atoms with Gasteiger partial charge in [-0.2, -0.15) is 8.78 Å². The van der Waals surface area contributed by atoms with Crippen LogP contribution >= 0.6 is 11.6 Å². The predicted molar refractivity (Wildman–Crippen MR) is 104 cm³/mol. The first-order valence-corrected chi connectivity index (χ1v) is 8.84. The van der Waals surface area contributed by atoms with Crippen LogP contribution in [0.25, 0.3) is 22.3 Å². The van der Waals surface area contributed by atoms with Gasteiger partial charge in [-0.05, 0) is 37.6 Å². The second-order valence-electron chi connectivity index (χ2n) is 5.72. The Balaban J connectivity index is 0.000000500. The lowest BCUT2D eigenvalue weighted by Gasteiger charge is -2.10. The van der Waals surface area contributed by atoms with E-state index >= 15 is 0 Å². The topological polar surface area (TPSA) is 77.1 Å². The van der Waals surface area contributed by atoms with Crippen LogP contribution in [0.5, 0.6) is 5.75 Å². The van der Waals surface area contributed by atoms with E-state index in [1.165, 1.54) is 18.3 Å². The molecule has 0 aliphatic carbocycles. The summed E-state index contributed by atoms with van der Waals surface area (Å²) in [4.78, 5) is 22.6. The maximum absolute atomic E-state index is 12.2. The Labute approximate surface area is 165 Å². The van der Waals surface area contributed by atoms with Crippen molar-refractivity contribution < 1.29 is 18.3 Å². The second-order valence-corrected chi connectivity index (χ2v) is 6.13. The summed E-state index contributed by atoms with van der Waals surface area (Å²) in [6.07, 6.45) is 2.63. The van der Waals surface area contributed by atoms with Gasteiger partial charge in [-0.15, -0.1) is 0 Å². The molecule has 0 amide bonds. The molecule has 0 fully saturated rings. The Morgan fingerprint density at radius 1 is 1.25 bits per heavy atom. The molecule has 0 atom stereocenters. The molecule has 0 aliphatic heterocycles. The molecule has 2 heterocycles. The molecule has 2 aromatic heterocycles. The van der Waals surface area contributed by atoms with E-state index < -0.39 is 6.61 Å². The largest absolute Gasteiger partial charge is 0.435 e. The molecule has 3 rings (SSSR count). The third-order valence-electron chi connectivity index (χ3n) is 3.63. The number of aromatic nitrogens is 3. The van der Waals surface area contributed by atoms with Crippen LogP contribution in [-0.2, 0) is 4.74 Å². The van der Waals surface area contributed by atoms with Gasteiger partial charge < -0.3 is 14.5 Å². The lowest BCUT2D eigenvalue weighted by atomic mass is 10.1. The monoisotopic (exact) mass is 411 g/mol. The van der Waals surface area contributed by atoms with Gasteiger partial charge in [0, 0.05) is 31.0 Å². The first-order chi connectivity index (χ1) is 13.4. The quantitative estimate of drug-likeness (QED) is 0.664. The number of aromatic amines is 1. The number of ether oxygens (including phenoxy) is 2. The molecule has 0 bridgehead atoms. The van der Waals surface area contributed by atoms with E-state index in [-0.39, 0.29) is 16.3 Å². The Morgan fingerprint density at radius 2 is 2.00 bits per heavy atom. The highest BCUT2D eigenvalue weighted by atomic mass is 35.5. The average Bonchev–Trinajstić information content (AvgIpc) is 2.63. The maximum atomic E-state index is 12.2. The van der Waals surface area contributed by atoms with E-state index in [9.17, 15) is 13.6 Å². The predicted octanol–water partition coefficient (Wildman–Crippen LogP) is 4.59. The van der Waals surface area contributed by atoms with Crippen molar-refractivity contribution in [3.63, 3.8) is 0 Å². The Morgan fingerprint density at radius 3 is 2.57 bits per heavy atom. The van der Waals surface area contributed by atoms with Crippen molar-refractivity contribution in [3.8, 4) is 16.9 Å². The van der Waals surface area contributed by atoms with Crippen molar-refractivity contribution in [3.05, 3.63) is 51.5 Å². The van der Waals surface area contributed by atoms with Crippen molar-refractivity contribution in [2.75, 3.05) is 13.7 Å². The molecular weight excluding hydrogens is 392 g/mol. The summed E-state index contributed by atoms with van der Waals surface area (Å²) in [7, 11) is 1.71. The molecule has 0 radical (unpaired) electrons. The fraction of sp³-hybridized carbons (Fsp3) is 0.316. The van der Waals surface area contributed by atoms with Crippen molar-refractivity contribution in [1.82, 2.24) is 15.0 Å². The highest BCUT2D eigenvalue weighted by Crippen LogP contribution is 2.34. The normalized spacial score (nSPS) is 10.7. The highest BCUT2D eigenvalue weighted by Gasteiger charge is 2.13. The van der Waals surface area contributed by atoms with Gasteiger partial charge in [-0.25, -0.2) is 9.97 Å². The number of benzene rings is 1. The third kappa shape index (κ3) is 5.46. The van der Waals surface area contributed by atoms with Crippen LogP contribution < -0.4 is 10.3 Å². The van der Waals surface area contributed by atoms with E-state index in [1.54, 1.807) is 26.2 Å². The summed E-state index contributed by atoms with van der Waals surface area (Å²) >= 11 is 6.17. The maximum Gasteiger partial charge on any atom is 0.387 e. The summed E-state index contributed by atoms with van der Waals surface area (Å²) in [5, 5.41) is 0.223. The Kier molecular flexibility index (Phi) is 7.83. The molecule has 9 heteroatoms. The minimum Gasteiger partial charge on any atom is -0.435 e. The number of halogens is 3. The first-order valence-electron chi connectivity index (χ1n) is 8.46. The van der Waals surface area contributed by atoms with Gasteiger partial charge in [0.1, 0.15) is 17.0 Å². The van der Waals surface area contributed by atoms with Gasteiger partial charge in [-0.3, -0.25) is 4.79 Å². The lowest BCUT2D eigenvalue weighted by molar-refractivity contribution is -0.0498. The lowest BCUT2D eigenvalue weighted by Crippen LogP contribution is -2.12. The molecule has 0 saturated carbocycles. The zero-order valence-electron chi connectivity index (χ0n) is 15.6. The Bertz CT molecular complexity index is 994. The van der Waals surface area contributed by atoms with Crippen LogP contribution in [0.3, 0.4) is 0 Å². The molecule has 3 aromatic rings. The number of aryl methyl sites for hydroxylation is 1. The first kappa shape index (κ1) is 21.7. The zero-order valence-corrected chi connectivity index (χ0v) is 16.4. The number of hydrogen-bond acceptors (Lipinski definition) is 5. The molecule has 1 aromatic carbocycles. The molecule has 0 unspecified atom stereocenters. The van der Waals surface area contributed by atoms with Gasteiger partial charge in [0.2, 0.25) is 0 Å². The zero-order chi connectivity index (χ0) is 20.7. The Hall–Kier alpha value is -2.58. The van der Waals surface area contributed by atoms with Crippen LogP contribution in [0.15, 0.2) is 35.3 Å². The van der Waals surface area contributed by atoms with Crippen LogP contribution in [0.1, 0.15) is 19.0 Å². The van der Waals surface area contributed by atoms with Crippen molar-refractivity contribution >= 4 is 22.8 Å². The van der Waals surface area contributed by atoms with Crippen LogP contribution in [0.4, 0.5) is 8.78 Å². The van der Waals surface area contributed by atoms with Gasteiger partial charge >= 0.3 is 6.61 Å². The summed E-state index contributed by atoms with van der Waals surface area (Å²) < 4.78 is 33.5. The standard InChI is InChI=1S/C15H10ClF2N3O2.C4H10O/c1-7-14(22)21-13-12(20-7)10(4-5-19-13)9-3-2-8(6-11(9)16)23-15(17)18;1-3-4-5-2/h2-6,15H,1H3,(H,19,21,22);3-4H2,1-2H3. The summed E-state index contributed by atoms with van der Waals surface area (Å²) in [6, 6.07) is 5.92. The fourth-order valence-corrected chi connectivity index (χ4v) is 2.66. The van der Waals surface area contributed by atoms with E-state index in [0.29, 0.717) is 28.0 Å². The SMILES string of the molecule is CCCOC.Cc1nc2c(-c3ccc(OC(F)F)cc3Cl)ccnc2[nH]c1=O. The number of fused-ring (bicyclic) bond motifs is 1. The number of rotatable bonds is 5. The van der Waals surface area contributed by atoms with E-state index in [0.717, 1.165) is 13.0 Å². The smallest absolute Gasteiger partial charge is 0.387 e. The van der Waals surface area contributed by atoms with Crippen LogP contribution in [-0.4, -0.2) is 35.3 Å². The number of pyridine rings is 1. The number of methoxy groups -OCH3 is 1. The number of alkyl halides is 2. The second kappa shape index (κ2) is 10.1. The van der Waals surface area contributed by atoms with Crippen molar-refractivity contribution in [2.45, 2.75) is 26.9 Å². The number of H-pyrrole nitrogens is 1. The minimum absolute atomic E-state index is 0.0374. The van der Waals surface area contributed by atoms with Crippen LogP contribution in [0, 0.1) is 6.92 Å². The third-order valence-corrected chi connectivity index (χ3v) is 3.94. The molecule has 150 valence electrons. The van der Waals surface area contributed by atoms with Crippen LogP contribution in [0.2, 0.25) is 5.02 Å². The van der Waals surface area contributed by atoms with Gasteiger partial charge in [0.15, 0.2) is 5.65 Å². The molecule has 0 aliphatic rings. The molecule has 1 N–H and O–H groups in total. The number of nitrogens with one attached hydrogen (secondary N) is 1.